The summed E-state index contributed by atoms with van der Waals surface area (Å²) >= 11 is 6.19. The zero-order chi connectivity index (χ0) is 14.7. The van der Waals surface area contributed by atoms with Crippen LogP contribution in [-0.4, -0.2) is 32.2 Å². The Kier molecular flexibility index (Phi) is 4.51. The Morgan fingerprint density at radius 2 is 2.10 bits per heavy atom. The van der Waals surface area contributed by atoms with Crippen LogP contribution in [0.15, 0.2) is 12.1 Å². The standard InChI is InChI=1S/C15H19ClN2O3/c16-11-7-13-14(21-5-4-20-13)8-12(11)18-15(19)6-10-2-1-3-17-9-10/h7-8,10,17H,1-6,9H2,(H,18,19). The van der Waals surface area contributed by atoms with E-state index in [1.807, 2.05) is 0 Å². The maximum atomic E-state index is 12.1. The van der Waals surface area contributed by atoms with Crippen LogP contribution in [0.1, 0.15) is 19.3 Å². The van der Waals surface area contributed by atoms with Crippen LogP contribution in [0.5, 0.6) is 11.5 Å². The van der Waals surface area contributed by atoms with Crippen LogP contribution in [0.4, 0.5) is 5.69 Å². The van der Waals surface area contributed by atoms with Crippen LogP contribution in [0, 0.1) is 5.92 Å². The first-order chi connectivity index (χ1) is 10.2. The van der Waals surface area contributed by atoms with Gasteiger partial charge < -0.3 is 20.1 Å². The van der Waals surface area contributed by atoms with E-state index in [9.17, 15) is 4.79 Å². The van der Waals surface area contributed by atoms with Gasteiger partial charge in [-0.1, -0.05) is 11.6 Å². The van der Waals surface area contributed by atoms with Crippen LogP contribution < -0.4 is 20.1 Å². The second-order valence-electron chi connectivity index (χ2n) is 5.44. The lowest BCUT2D eigenvalue weighted by Crippen LogP contribution is -2.32. The molecule has 1 aromatic carbocycles. The molecule has 21 heavy (non-hydrogen) atoms. The Balaban J connectivity index is 1.65. The molecular formula is C15H19ClN2O3. The fourth-order valence-electron chi connectivity index (χ4n) is 2.72. The van der Waals surface area contributed by atoms with Crippen molar-refractivity contribution in [3.8, 4) is 11.5 Å². The maximum absolute atomic E-state index is 12.1. The molecule has 1 unspecified atom stereocenters. The monoisotopic (exact) mass is 310 g/mol. The number of carbonyl (C=O) groups is 1. The van der Waals surface area contributed by atoms with Crippen molar-refractivity contribution in [2.45, 2.75) is 19.3 Å². The molecule has 0 bridgehead atoms. The molecule has 6 heteroatoms. The van der Waals surface area contributed by atoms with Gasteiger partial charge in [0.15, 0.2) is 11.5 Å². The molecule has 0 aromatic heterocycles. The quantitative estimate of drug-likeness (QED) is 0.900. The summed E-state index contributed by atoms with van der Waals surface area (Å²) < 4.78 is 11.0. The number of fused-ring (bicyclic) bond motifs is 1. The van der Waals surface area contributed by atoms with E-state index >= 15 is 0 Å². The number of hydrogen-bond donors (Lipinski definition) is 2. The molecule has 1 amide bonds. The van der Waals surface area contributed by atoms with E-state index in [1.165, 1.54) is 0 Å². The number of ether oxygens (including phenoxy) is 2. The second-order valence-corrected chi connectivity index (χ2v) is 5.85. The smallest absolute Gasteiger partial charge is 0.224 e. The molecular weight excluding hydrogens is 292 g/mol. The molecule has 0 saturated carbocycles. The number of carbonyl (C=O) groups excluding carboxylic acids is 1. The Morgan fingerprint density at radius 1 is 1.33 bits per heavy atom. The van der Waals surface area contributed by atoms with Gasteiger partial charge in [-0.2, -0.15) is 0 Å². The summed E-state index contributed by atoms with van der Waals surface area (Å²) in [4.78, 5) is 12.1. The topological polar surface area (TPSA) is 59.6 Å². The maximum Gasteiger partial charge on any atom is 0.224 e. The van der Waals surface area contributed by atoms with Crippen LogP contribution in [0.2, 0.25) is 5.02 Å². The van der Waals surface area contributed by atoms with Crippen LogP contribution >= 0.6 is 11.6 Å². The average molecular weight is 311 g/mol. The third-order valence-corrected chi connectivity index (χ3v) is 4.09. The van der Waals surface area contributed by atoms with Crippen LogP contribution in [-0.2, 0) is 4.79 Å². The molecule has 1 aromatic rings. The third kappa shape index (κ3) is 3.60. The minimum Gasteiger partial charge on any atom is -0.486 e. The molecule has 2 aliphatic heterocycles. The van der Waals surface area contributed by atoms with Gasteiger partial charge in [0.25, 0.3) is 0 Å². The predicted octanol–water partition coefficient (Wildman–Crippen LogP) is 2.44. The molecule has 1 saturated heterocycles. The Morgan fingerprint density at radius 3 is 2.81 bits per heavy atom. The van der Waals surface area contributed by atoms with Crippen molar-refractivity contribution in [2.75, 3.05) is 31.6 Å². The summed E-state index contributed by atoms with van der Waals surface area (Å²) in [7, 11) is 0. The minimum absolute atomic E-state index is 0.0118. The van der Waals surface area contributed by atoms with Gasteiger partial charge in [0.1, 0.15) is 13.2 Å². The SMILES string of the molecule is O=C(CC1CCCNC1)Nc1cc2c(cc1Cl)OCCO2. The highest BCUT2D eigenvalue weighted by atomic mass is 35.5. The van der Waals surface area contributed by atoms with Gasteiger partial charge in [0, 0.05) is 18.6 Å². The van der Waals surface area contributed by atoms with E-state index in [0.717, 1.165) is 25.9 Å². The zero-order valence-corrected chi connectivity index (χ0v) is 12.5. The molecule has 114 valence electrons. The van der Waals surface area contributed by atoms with Gasteiger partial charge in [0.05, 0.1) is 10.7 Å². The molecule has 2 N–H and O–H groups in total. The van der Waals surface area contributed by atoms with E-state index < -0.39 is 0 Å². The molecule has 1 atom stereocenters. The van der Waals surface area contributed by atoms with Crippen molar-refractivity contribution in [1.29, 1.82) is 0 Å². The highest BCUT2D eigenvalue weighted by molar-refractivity contribution is 6.34. The number of piperidine rings is 1. The zero-order valence-electron chi connectivity index (χ0n) is 11.8. The summed E-state index contributed by atoms with van der Waals surface area (Å²) in [5.41, 5.74) is 0.578. The van der Waals surface area contributed by atoms with E-state index in [-0.39, 0.29) is 5.91 Å². The van der Waals surface area contributed by atoms with Crippen molar-refractivity contribution in [2.24, 2.45) is 5.92 Å². The third-order valence-electron chi connectivity index (χ3n) is 3.78. The predicted molar refractivity (Wildman–Crippen MR) is 81.3 cm³/mol. The van der Waals surface area contributed by atoms with E-state index in [2.05, 4.69) is 10.6 Å². The second kappa shape index (κ2) is 6.54. The van der Waals surface area contributed by atoms with Crippen molar-refractivity contribution in [3.05, 3.63) is 17.2 Å². The van der Waals surface area contributed by atoms with Crippen molar-refractivity contribution >= 4 is 23.2 Å². The molecule has 1 fully saturated rings. The highest BCUT2D eigenvalue weighted by Crippen LogP contribution is 2.38. The lowest BCUT2D eigenvalue weighted by Gasteiger charge is -2.23. The molecule has 2 aliphatic rings. The highest BCUT2D eigenvalue weighted by Gasteiger charge is 2.19. The molecule has 0 radical (unpaired) electrons. The first-order valence-electron chi connectivity index (χ1n) is 7.32. The summed E-state index contributed by atoms with van der Waals surface area (Å²) in [5, 5.41) is 6.65. The number of hydrogen-bond acceptors (Lipinski definition) is 4. The molecule has 5 nitrogen and oxygen atoms in total. The number of nitrogens with one attached hydrogen (secondary N) is 2. The van der Waals surface area contributed by atoms with Crippen LogP contribution in [0.25, 0.3) is 0 Å². The number of amides is 1. The first kappa shape index (κ1) is 14.5. The summed E-state index contributed by atoms with van der Waals surface area (Å²) in [5.74, 6) is 1.64. The number of benzene rings is 1. The minimum atomic E-state index is -0.0118. The van der Waals surface area contributed by atoms with Gasteiger partial charge >= 0.3 is 0 Å². The normalized spacial score (nSPS) is 20.9. The van der Waals surface area contributed by atoms with E-state index in [1.54, 1.807) is 12.1 Å². The van der Waals surface area contributed by atoms with E-state index in [0.29, 0.717) is 47.8 Å². The van der Waals surface area contributed by atoms with Crippen molar-refractivity contribution in [3.63, 3.8) is 0 Å². The van der Waals surface area contributed by atoms with Crippen molar-refractivity contribution in [1.82, 2.24) is 5.32 Å². The lowest BCUT2D eigenvalue weighted by atomic mass is 9.96. The summed E-state index contributed by atoms with van der Waals surface area (Å²) in [6.07, 6.45) is 2.73. The molecule has 2 heterocycles. The van der Waals surface area contributed by atoms with Gasteiger partial charge in [-0.15, -0.1) is 0 Å². The summed E-state index contributed by atoms with van der Waals surface area (Å²) in [6, 6.07) is 3.42. The Hall–Kier alpha value is -1.46. The first-order valence-corrected chi connectivity index (χ1v) is 7.70. The van der Waals surface area contributed by atoms with Crippen molar-refractivity contribution < 1.29 is 14.3 Å². The molecule has 0 spiro atoms. The Labute approximate surface area is 128 Å². The number of anilines is 1. The largest absolute Gasteiger partial charge is 0.486 e. The number of rotatable bonds is 3. The Bertz CT molecular complexity index is 530. The average Bonchev–Trinajstić information content (AvgIpc) is 2.49. The lowest BCUT2D eigenvalue weighted by molar-refractivity contribution is -0.117. The van der Waals surface area contributed by atoms with E-state index in [4.69, 9.17) is 21.1 Å². The fraction of sp³-hybridized carbons (Fsp3) is 0.533. The van der Waals surface area contributed by atoms with Gasteiger partial charge in [-0.05, 0) is 31.8 Å². The van der Waals surface area contributed by atoms with Gasteiger partial charge in [-0.25, -0.2) is 0 Å². The molecule has 3 rings (SSSR count). The van der Waals surface area contributed by atoms with Gasteiger partial charge in [0.2, 0.25) is 5.91 Å². The molecule has 0 aliphatic carbocycles. The van der Waals surface area contributed by atoms with Gasteiger partial charge in [-0.3, -0.25) is 4.79 Å². The van der Waals surface area contributed by atoms with Crippen LogP contribution in [0.3, 0.4) is 0 Å². The summed E-state index contributed by atoms with van der Waals surface area (Å²) in [6.45, 7) is 2.98. The number of halogens is 1. The fourth-order valence-corrected chi connectivity index (χ4v) is 2.92.